The quantitative estimate of drug-likeness (QED) is 0.789. The van der Waals surface area contributed by atoms with Gasteiger partial charge in [-0.1, -0.05) is 12.8 Å². The Bertz CT molecular complexity index is 373. The molecule has 0 radical (unpaired) electrons. The lowest BCUT2D eigenvalue weighted by Crippen LogP contribution is -2.49. The summed E-state index contributed by atoms with van der Waals surface area (Å²) in [4.78, 5) is 26.2. The third kappa shape index (κ3) is 2.76. The number of hydrogen-bond donors (Lipinski definition) is 1. The Morgan fingerprint density at radius 1 is 1.00 bits per heavy atom. The summed E-state index contributed by atoms with van der Waals surface area (Å²) in [6.45, 7) is 0.584. The third-order valence-electron chi connectivity index (χ3n) is 5.58. The van der Waals surface area contributed by atoms with E-state index in [0.29, 0.717) is 25.3 Å². The van der Waals surface area contributed by atoms with Gasteiger partial charge in [0, 0.05) is 19.4 Å². The molecule has 0 unspecified atom stereocenters. The summed E-state index contributed by atoms with van der Waals surface area (Å²) in [5.74, 6) is 0.493. The molecule has 2 aliphatic carbocycles. The molecule has 112 valence electrons. The standard InChI is InChI=1S/C16H25NO3/c18-13-5-3-12(4-6-13)11-17-14(19)9-16(10-15(17)20)7-1-2-8-16/h12-13,18H,1-11H2. The van der Waals surface area contributed by atoms with Crippen LogP contribution >= 0.6 is 0 Å². The summed E-state index contributed by atoms with van der Waals surface area (Å²) >= 11 is 0. The van der Waals surface area contributed by atoms with Crippen LogP contribution in [0.3, 0.4) is 0 Å². The molecular formula is C16H25NO3. The van der Waals surface area contributed by atoms with Crippen LogP contribution in [0.15, 0.2) is 0 Å². The molecule has 1 spiro atoms. The Balaban J connectivity index is 1.60. The monoisotopic (exact) mass is 279 g/mol. The van der Waals surface area contributed by atoms with Gasteiger partial charge in [-0.25, -0.2) is 0 Å². The number of rotatable bonds is 2. The van der Waals surface area contributed by atoms with Crippen LogP contribution in [-0.2, 0) is 9.59 Å². The minimum Gasteiger partial charge on any atom is -0.393 e. The number of likely N-dealkylation sites (tertiary alicyclic amines) is 1. The number of piperidine rings is 1. The van der Waals surface area contributed by atoms with E-state index in [0.717, 1.165) is 38.5 Å². The maximum Gasteiger partial charge on any atom is 0.229 e. The summed E-state index contributed by atoms with van der Waals surface area (Å²) in [7, 11) is 0. The lowest BCUT2D eigenvalue weighted by Gasteiger charge is -2.39. The number of nitrogens with zero attached hydrogens (tertiary/aromatic N) is 1. The van der Waals surface area contributed by atoms with E-state index in [-0.39, 0.29) is 23.3 Å². The Hall–Kier alpha value is -0.900. The highest BCUT2D eigenvalue weighted by molar-refractivity contribution is 5.98. The van der Waals surface area contributed by atoms with Gasteiger partial charge in [-0.3, -0.25) is 14.5 Å². The molecule has 0 bridgehead atoms. The van der Waals surface area contributed by atoms with E-state index in [4.69, 9.17) is 0 Å². The third-order valence-corrected chi connectivity index (χ3v) is 5.58. The number of imide groups is 1. The van der Waals surface area contributed by atoms with E-state index in [2.05, 4.69) is 0 Å². The molecule has 2 saturated carbocycles. The molecule has 1 aliphatic heterocycles. The van der Waals surface area contributed by atoms with Crippen LogP contribution in [0, 0.1) is 11.3 Å². The molecular weight excluding hydrogens is 254 g/mol. The molecule has 3 aliphatic rings. The molecule has 1 saturated heterocycles. The first-order valence-electron chi connectivity index (χ1n) is 8.09. The average Bonchev–Trinajstić information content (AvgIpc) is 2.84. The molecule has 0 aromatic rings. The van der Waals surface area contributed by atoms with Gasteiger partial charge in [-0.15, -0.1) is 0 Å². The highest BCUT2D eigenvalue weighted by Gasteiger charge is 2.45. The lowest BCUT2D eigenvalue weighted by molar-refractivity contribution is -0.154. The van der Waals surface area contributed by atoms with Gasteiger partial charge in [0.1, 0.15) is 0 Å². The predicted octanol–water partition coefficient (Wildman–Crippen LogP) is 2.25. The lowest BCUT2D eigenvalue weighted by atomic mass is 9.76. The minimum atomic E-state index is -0.180. The molecule has 4 heteroatoms. The second-order valence-electron chi connectivity index (χ2n) is 7.13. The Morgan fingerprint density at radius 2 is 1.55 bits per heavy atom. The van der Waals surface area contributed by atoms with Crippen LogP contribution in [0.4, 0.5) is 0 Å². The zero-order chi connectivity index (χ0) is 14.2. The van der Waals surface area contributed by atoms with Gasteiger partial charge in [0.2, 0.25) is 11.8 Å². The molecule has 3 rings (SSSR count). The summed E-state index contributed by atoms with van der Waals surface area (Å²) in [5, 5.41) is 9.53. The average molecular weight is 279 g/mol. The van der Waals surface area contributed by atoms with Crippen LogP contribution in [-0.4, -0.2) is 34.5 Å². The maximum absolute atomic E-state index is 12.4. The van der Waals surface area contributed by atoms with Crippen LogP contribution in [0.25, 0.3) is 0 Å². The second-order valence-corrected chi connectivity index (χ2v) is 7.13. The van der Waals surface area contributed by atoms with Crippen LogP contribution in [0.5, 0.6) is 0 Å². The van der Waals surface area contributed by atoms with Crippen molar-refractivity contribution >= 4 is 11.8 Å². The van der Waals surface area contributed by atoms with E-state index < -0.39 is 0 Å². The van der Waals surface area contributed by atoms with Gasteiger partial charge in [0.05, 0.1) is 6.10 Å². The highest BCUT2D eigenvalue weighted by Crippen LogP contribution is 2.47. The SMILES string of the molecule is O=C1CC2(CCCC2)CC(=O)N1CC1CCC(O)CC1. The first-order valence-corrected chi connectivity index (χ1v) is 8.09. The van der Waals surface area contributed by atoms with Crippen LogP contribution in [0.2, 0.25) is 0 Å². The number of carbonyl (C=O) groups is 2. The van der Waals surface area contributed by atoms with Gasteiger partial charge < -0.3 is 5.11 Å². The molecule has 0 aromatic heterocycles. The normalized spacial score (nSPS) is 34.0. The van der Waals surface area contributed by atoms with Crippen molar-refractivity contribution in [3.05, 3.63) is 0 Å². The zero-order valence-corrected chi connectivity index (χ0v) is 12.1. The summed E-state index contributed by atoms with van der Waals surface area (Å²) in [5.41, 5.74) is 0.00737. The fourth-order valence-corrected chi connectivity index (χ4v) is 4.30. The Kier molecular flexibility index (Phi) is 3.85. The van der Waals surface area contributed by atoms with E-state index in [1.165, 1.54) is 17.7 Å². The highest BCUT2D eigenvalue weighted by atomic mass is 16.3. The fraction of sp³-hybridized carbons (Fsp3) is 0.875. The Labute approximate surface area is 120 Å². The predicted molar refractivity (Wildman–Crippen MR) is 74.8 cm³/mol. The van der Waals surface area contributed by atoms with Gasteiger partial charge in [-0.2, -0.15) is 0 Å². The topological polar surface area (TPSA) is 57.6 Å². The fourth-order valence-electron chi connectivity index (χ4n) is 4.30. The van der Waals surface area contributed by atoms with Gasteiger partial charge in [0.15, 0.2) is 0 Å². The first kappa shape index (κ1) is 14.1. The molecule has 0 atom stereocenters. The molecule has 3 fully saturated rings. The number of amides is 2. The van der Waals surface area contributed by atoms with Gasteiger partial charge in [-0.05, 0) is 49.9 Å². The van der Waals surface area contributed by atoms with Crippen molar-refractivity contribution < 1.29 is 14.7 Å². The second kappa shape index (κ2) is 5.47. The summed E-state index contributed by atoms with van der Waals surface area (Å²) in [6.07, 6.45) is 8.90. The van der Waals surface area contributed by atoms with Crippen LogP contribution < -0.4 is 0 Å². The molecule has 1 heterocycles. The van der Waals surface area contributed by atoms with E-state index in [1.807, 2.05) is 0 Å². The van der Waals surface area contributed by atoms with Crippen LogP contribution in [0.1, 0.15) is 64.2 Å². The van der Waals surface area contributed by atoms with E-state index in [1.54, 1.807) is 0 Å². The largest absolute Gasteiger partial charge is 0.393 e. The zero-order valence-electron chi connectivity index (χ0n) is 12.1. The van der Waals surface area contributed by atoms with E-state index >= 15 is 0 Å². The summed E-state index contributed by atoms with van der Waals surface area (Å²) < 4.78 is 0. The summed E-state index contributed by atoms with van der Waals surface area (Å²) in [6, 6.07) is 0. The number of hydrogen-bond acceptors (Lipinski definition) is 3. The molecule has 20 heavy (non-hydrogen) atoms. The smallest absolute Gasteiger partial charge is 0.229 e. The van der Waals surface area contributed by atoms with Gasteiger partial charge in [0.25, 0.3) is 0 Å². The molecule has 4 nitrogen and oxygen atoms in total. The van der Waals surface area contributed by atoms with E-state index in [9.17, 15) is 14.7 Å². The maximum atomic E-state index is 12.4. The van der Waals surface area contributed by atoms with Crippen molar-refractivity contribution in [1.82, 2.24) is 4.90 Å². The van der Waals surface area contributed by atoms with Crippen molar-refractivity contribution in [3.63, 3.8) is 0 Å². The molecule has 2 amide bonds. The van der Waals surface area contributed by atoms with Crippen molar-refractivity contribution in [2.75, 3.05) is 6.54 Å². The van der Waals surface area contributed by atoms with Gasteiger partial charge >= 0.3 is 0 Å². The molecule has 0 aromatic carbocycles. The number of aliphatic hydroxyl groups is 1. The van der Waals surface area contributed by atoms with Crippen molar-refractivity contribution in [2.45, 2.75) is 70.3 Å². The Morgan fingerprint density at radius 3 is 2.10 bits per heavy atom. The number of aliphatic hydroxyl groups excluding tert-OH is 1. The van der Waals surface area contributed by atoms with Crippen molar-refractivity contribution in [3.8, 4) is 0 Å². The minimum absolute atomic E-state index is 0.00737. The van der Waals surface area contributed by atoms with Crippen molar-refractivity contribution in [2.24, 2.45) is 11.3 Å². The molecule has 1 N–H and O–H groups in total. The first-order chi connectivity index (χ1) is 9.58. The number of carbonyl (C=O) groups excluding carboxylic acids is 2. The van der Waals surface area contributed by atoms with Crippen molar-refractivity contribution in [1.29, 1.82) is 0 Å².